The molecule has 0 aliphatic carbocycles. The molecule has 2 aliphatic heterocycles. The number of aliphatic hydroxyl groups excluding tert-OH is 7. The Bertz CT molecular complexity index is 422. The van der Waals surface area contributed by atoms with E-state index >= 15 is 0 Å². The standard InChI is InChI=1S/C15H28O11/c1-2-3-23-14-12(22)13(9(19)7(5-17)24-14)26-15-11(21)10(20)8(18)6(4-16)25-15/h6-22H,2-5H2,1H3/t6-,7-,8-,9-,10+,11+,12+,13+,14+,15-/m1/s1. The maximum atomic E-state index is 10.4. The third-order valence-corrected chi connectivity index (χ3v) is 4.45. The van der Waals surface area contributed by atoms with Gasteiger partial charge in [0, 0.05) is 6.61 Å². The maximum absolute atomic E-state index is 10.4. The highest BCUT2D eigenvalue weighted by Crippen LogP contribution is 2.29. The first kappa shape index (κ1) is 21.9. The van der Waals surface area contributed by atoms with Crippen LogP contribution in [0.5, 0.6) is 0 Å². The fourth-order valence-electron chi connectivity index (χ4n) is 2.92. The molecule has 11 nitrogen and oxygen atoms in total. The molecule has 2 saturated heterocycles. The Morgan fingerprint density at radius 3 is 1.88 bits per heavy atom. The highest BCUT2D eigenvalue weighted by Gasteiger charge is 2.50. The molecule has 2 heterocycles. The lowest BCUT2D eigenvalue weighted by Gasteiger charge is -2.45. The fourth-order valence-corrected chi connectivity index (χ4v) is 2.92. The van der Waals surface area contributed by atoms with Crippen molar-refractivity contribution in [2.24, 2.45) is 0 Å². The third-order valence-electron chi connectivity index (χ3n) is 4.45. The van der Waals surface area contributed by atoms with Gasteiger partial charge in [0.05, 0.1) is 13.2 Å². The molecule has 0 radical (unpaired) electrons. The normalized spacial score (nSPS) is 47.1. The lowest BCUT2D eigenvalue weighted by molar-refractivity contribution is -0.360. The van der Waals surface area contributed by atoms with Gasteiger partial charge in [-0.2, -0.15) is 0 Å². The molecule has 11 heteroatoms. The molecule has 0 aromatic heterocycles. The largest absolute Gasteiger partial charge is 0.394 e. The summed E-state index contributed by atoms with van der Waals surface area (Å²) in [6.07, 6.45) is -13.7. The minimum atomic E-state index is -1.70. The van der Waals surface area contributed by atoms with E-state index in [9.17, 15) is 35.7 Å². The van der Waals surface area contributed by atoms with Crippen molar-refractivity contribution in [3.63, 3.8) is 0 Å². The van der Waals surface area contributed by atoms with Crippen LogP contribution in [0, 0.1) is 0 Å². The fraction of sp³-hybridized carbons (Fsp3) is 1.00. The number of hydrogen-bond donors (Lipinski definition) is 7. The van der Waals surface area contributed by atoms with E-state index in [-0.39, 0.29) is 6.61 Å². The average Bonchev–Trinajstić information content (AvgIpc) is 2.64. The van der Waals surface area contributed by atoms with Crippen molar-refractivity contribution in [3.05, 3.63) is 0 Å². The zero-order valence-corrected chi connectivity index (χ0v) is 14.4. The van der Waals surface area contributed by atoms with Crippen LogP contribution in [0.4, 0.5) is 0 Å². The molecule has 0 amide bonds. The van der Waals surface area contributed by atoms with Gasteiger partial charge in [0.15, 0.2) is 12.6 Å². The summed E-state index contributed by atoms with van der Waals surface area (Å²) in [6, 6.07) is 0. The van der Waals surface area contributed by atoms with Gasteiger partial charge in [0.25, 0.3) is 0 Å². The van der Waals surface area contributed by atoms with Crippen LogP contribution >= 0.6 is 0 Å². The van der Waals surface area contributed by atoms with Gasteiger partial charge in [-0.25, -0.2) is 0 Å². The number of rotatable bonds is 7. The van der Waals surface area contributed by atoms with Crippen LogP contribution in [0.3, 0.4) is 0 Å². The van der Waals surface area contributed by atoms with Gasteiger partial charge in [0.1, 0.15) is 48.8 Å². The average molecular weight is 384 g/mol. The molecule has 10 atom stereocenters. The SMILES string of the molecule is CCCO[C@H]1O[C@H](CO)[C@@H](O)[C@H](O[C@H]2O[C@H](CO)[C@@H](O)[C@H](O)[C@@H]2O)[C@@H]1O. The minimum absolute atomic E-state index is 0.253. The second-order valence-corrected chi connectivity index (χ2v) is 6.38. The summed E-state index contributed by atoms with van der Waals surface area (Å²) in [5.74, 6) is 0. The van der Waals surface area contributed by atoms with Crippen molar-refractivity contribution in [1.82, 2.24) is 0 Å². The second-order valence-electron chi connectivity index (χ2n) is 6.38. The Morgan fingerprint density at radius 2 is 1.31 bits per heavy atom. The van der Waals surface area contributed by atoms with Crippen LogP contribution < -0.4 is 0 Å². The molecule has 0 aromatic rings. The summed E-state index contributed by atoms with van der Waals surface area (Å²) in [5, 5.41) is 68.9. The van der Waals surface area contributed by atoms with E-state index in [4.69, 9.17) is 18.9 Å². The van der Waals surface area contributed by atoms with E-state index in [2.05, 4.69) is 0 Å². The van der Waals surface area contributed by atoms with Crippen LogP contribution in [0.2, 0.25) is 0 Å². The van der Waals surface area contributed by atoms with Crippen LogP contribution in [-0.4, -0.2) is 117 Å². The molecule has 26 heavy (non-hydrogen) atoms. The molecular weight excluding hydrogens is 356 g/mol. The highest BCUT2D eigenvalue weighted by atomic mass is 16.7. The summed E-state index contributed by atoms with van der Waals surface area (Å²) in [5.41, 5.74) is 0. The van der Waals surface area contributed by atoms with Gasteiger partial charge in [-0.05, 0) is 6.42 Å². The van der Waals surface area contributed by atoms with E-state index < -0.39 is 74.6 Å². The van der Waals surface area contributed by atoms with Crippen molar-refractivity contribution >= 4 is 0 Å². The van der Waals surface area contributed by atoms with Crippen molar-refractivity contribution in [2.75, 3.05) is 19.8 Å². The molecule has 0 unspecified atom stereocenters. The summed E-state index contributed by atoms with van der Waals surface area (Å²) in [7, 11) is 0. The van der Waals surface area contributed by atoms with E-state index in [0.717, 1.165) is 0 Å². The highest BCUT2D eigenvalue weighted by molar-refractivity contribution is 4.94. The summed E-state index contributed by atoms with van der Waals surface area (Å²) < 4.78 is 21.3. The van der Waals surface area contributed by atoms with Crippen LogP contribution in [0.15, 0.2) is 0 Å². The van der Waals surface area contributed by atoms with Crippen molar-refractivity contribution < 1.29 is 54.7 Å². The Hall–Kier alpha value is -0.440. The Kier molecular flexibility index (Phi) is 8.12. The minimum Gasteiger partial charge on any atom is -0.394 e. The van der Waals surface area contributed by atoms with Crippen LogP contribution in [0.1, 0.15) is 13.3 Å². The Balaban J connectivity index is 2.13. The molecule has 0 bridgehead atoms. The number of hydrogen-bond acceptors (Lipinski definition) is 11. The molecule has 0 saturated carbocycles. The van der Waals surface area contributed by atoms with E-state index in [1.165, 1.54) is 0 Å². The Morgan fingerprint density at radius 1 is 0.731 bits per heavy atom. The zero-order valence-electron chi connectivity index (χ0n) is 14.4. The van der Waals surface area contributed by atoms with E-state index in [1.807, 2.05) is 6.92 Å². The quantitative estimate of drug-likeness (QED) is 0.228. The van der Waals surface area contributed by atoms with E-state index in [0.29, 0.717) is 6.42 Å². The van der Waals surface area contributed by atoms with Gasteiger partial charge in [-0.3, -0.25) is 0 Å². The first-order valence-corrected chi connectivity index (χ1v) is 8.55. The third kappa shape index (κ3) is 4.51. The van der Waals surface area contributed by atoms with Crippen molar-refractivity contribution in [3.8, 4) is 0 Å². The molecule has 154 valence electrons. The van der Waals surface area contributed by atoms with Gasteiger partial charge in [-0.1, -0.05) is 6.92 Å². The molecule has 2 fully saturated rings. The lowest BCUT2D eigenvalue weighted by atomic mass is 9.97. The molecule has 2 rings (SSSR count). The summed E-state index contributed by atoms with van der Waals surface area (Å²) >= 11 is 0. The molecule has 7 N–H and O–H groups in total. The van der Waals surface area contributed by atoms with Crippen molar-refractivity contribution in [1.29, 1.82) is 0 Å². The van der Waals surface area contributed by atoms with Gasteiger partial charge < -0.3 is 54.7 Å². The van der Waals surface area contributed by atoms with Gasteiger partial charge >= 0.3 is 0 Å². The Labute approximate surface area is 150 Å². The number of aliphatic hydroxyl groups is 7. The zero-order chi connectivity index (χ0) is 19.4. The van der Waals surface area contributed by atoms with E-state index in [1.54, 1.807) is 0 Å². The predicted molar refractivity (Wildman–Crippen MR) is 82.6 cm³/mol. The van der Waals surface area contributed by atoms with Gasteiger partial charge in [-0.15, -0.1) is 0 Å². The molecule has 0 aromatic carbocycles. The monoisotopic (exact) mass is 384 g/mol. The first-order chi connectivity index (χ1) is 12.3. The first-order valence-electron chi connectivity index (χ1n) is 8.55. The summed E-state index contributed by atoms with van der Waals surface area (Å²) in [6.45, 7) is 0.873. The second kappa shape index (κ2) is 9.66. The molecule has 2 aliphatic rings. The molecule has 0 spiro atoms. The van der Waals surface area contributed by atoms with Gasteiger partial charge in [0.2, 0.25) is 0 Å². The van der Waals surface area contributed by atoms with Crippen molar-refractivity contribution in [2.45, 2.75) is 74.8 Å². The number of ether oxygens (including phenoxy) is 4. The smallest absolute Gasteiger partial charge is 0.187 e. The lowest BCUT2D eigenvalue weighted by Crippen LogP contribution is -2.64. The summed E-state index contributed by atoms with van der Waals surface area (Å²) in [4.78, 5) is 0. The predicted octanol–water partition coefficient (Wildman–Crippen LogP) is -3.96. The topological polar surface area (TPSA) is 179 Å². The maximum Gasteiger partial charge on any atom is 0.187 e. The molecular formula is C15H28O11. The van der Waals surface area contributed by atoms with Crippen LogP contribution in [0.25, 0.3) is 0 Å². The van der Waals surface area contributed by atoms with Crippen LogP contribution in [-0.2, 0) is 18.9 Å².